The maximum absolute atomic E-state index is 13.4. The minimum atomic E-state index is -3.12. The summed E-state index contributed by atoms with van der Waals surface area (Å²) in [5.74, 6) is -4.52. The molecule has 2 amide bonds. The lowest BCUT2D eigenvalue weighted by molar-refractivity contribution is -0.131. The van der Waals surface area contributed by atoms with Crippen molar-refractivity contribution in [3.63, 3.8) is 0 Å². The topological polar surface area (TPSA) is 86.1 Å². The molecule has 0 radical (unpaired) electrons. The van der Waals surface area contributed by atoms with Crippen LogP contribution in [0.2, 0.25) is 0 Å². The molecule has 1 fully saturated rings. The Labute approximate surface area is 170 Å². The third-order valence-corrected chi connectivity index (χ3v) is 4.62. The van der Waals surface area contributed by atoms with Gasteiger partial charge in [-0.25, -0.2) is 8.78 Å². The number of rotatable bonds is 4. The van der Waals surface area contributed by atoms with E-state index in [1.165, 1.54) is 24.4 Å². The lowest BCUT2D eigenvalue weighted by atomic mass is 10.1. The van der Waals surface area contributed by atoms with Crippen molar-refractivity contribution in [1.29, 1.82) is 5.26 Å². The van der Waals surface area contributed by atoms with Crippen molar-refractivity contribution in [2.24, 2.45) is 0 Å². The maximum Gasteiger partial charge on any atom is 0.268 e. The molecule has 6 nitrogen and oxygen atoms in total. The quantitative estimate of drug-likeness (QED) is 0.808. The highest BCUT2D eigenvalue weighted by molar-refractivity contribution is 7.94. The number of aromatic nitrogens is 1. The molecule has 1 aromatic heterocycles. The van der Waals surface area contributed by atoms with Gasteiger partial charge in [-0.3, -0.25) is 14.6 Å². The lowest BCUT2D eigenvalue weighted by Crippen LogP contribution is -2.43. The molecule has 2 heterocycles. The van der Waals surface area contributed by atoms with E-state index in [1.54, 1.807) is 12.1 Å². The number of nitrogens with one attached hydrogen (secondary N) is 1. The number of nitrogens with zero attached hydrogens (tertiary/aromatic N) is 3. The maximum atomic E-state index is 13.4. The van der Waals surface area contributed by atoms with Gasteiger partial charge in [-0.05, 0) is 24.3 Å². The summed E-state index contributed by atoms with van der Waals surface area (Å²) in [4.78, 5) is 29.7. The molecule has 1 atom stereocenters. The molecule has 1 aromatic carbocycles. The number of nitriles is 1. The summed E-state index contributed by atoms with van der Waals surface area (Å²) in [5.41, 5.74) is 0.641. The van der Waals surface area contributed by atoms with E-state index in [0.717, 1.165) is 4.90 Å². The second kappa shape index (κ2) is 9.60. The van der Waals surface area contributed by atoms with E-state index in [9.17, 15) is 22.3 Å². The van der Waals surface area contributed by atoms with E-state index in [4.69, 9.17) is 5.26 Å². The van der Waals surface area contributed by atoms with Crippen LogP contribution in [0, 0.1) is 11.3 Å². The predicted octanol–water partition coefficient (Wildman–Crippen LogP) is 3.73. The molecule has 2 aromatic rings. The fourth-order valence-electron chi connectivity index (χ4n) is 2.92. The van der Waals surface area contributed by atoms with Crippen molar-refractivity contribution in [2.75, 3.05) is 13.1 Å². The van der Waals surface area contributed by atoms with Crippen LogP contribution in [0.5, 0.6) is 0 Å². The monoisotopic (exact) mass is 424 g/mol. The van der Waals surface area contributed by atoms with Gasteiger partial charge in [-0.1, -0.05) is 13.8 Å². The van der Waals surface area contributed by atoms with E-state index in [-0.39, 0.29) is 22.6 Å². The average molecular weight is 424 g/mol. The molecule has 1 aliphatic rings. The zero-order valence-electron chi connectivity index (χ0n) is 15.8. The Kier molecular flexibility index (Phi) is 7.45. The highest BCUT2D eigenvalue weighted by atomic mass is 32.2. The smallest absolute Gasteiger partial charge is 0.268 e. The first-order valence-corrected chi connectivity index (χ1v) is 9.59. The second-order valence-corrected chi connectivity index (χ2v) is 6.65. The first kappa shape index (κ1) is 22.5. The first-order chi connectivity index (χ1) is 13.8. The highest BCUT2D eigenvalue weighted by Crippen LogP contribution is 2.31. The number of pyridine rings is 1. The Morgan fingerprint density at radius 2 is 2.10 bits per heavy atom. The molecule has 10 heteroatoms. The average Bonchev–Trinajstić information content (AvgIpc) is 3.07. The van der Waals surface area contributed by atoms with Gasteiger partial charge in [0.1, 0.15) is 6.04 Å². The van der Waals surface area contributed by atoms with Crippen molar-refractivity contribution < 1.29 is 22.3 Å². The van der Waals surface area contributed by atoms with Crippen molar-refractivity contribution in [3.05, 3.63) is 36.0 Å². The van der Waals surface area contributed by atoms with Gasteiger partial charge in [0, 0.05) is 22.9 Å². The van der Waals surface area contributed by atoms with Crippen LogP contribution >= 0.6 is 12.1 Å². The van der Waals surface area contributed by atoms with Crippen molar-refractivity contribution in [3.8, 4) is 6.07 Å². The number of benzene rings is 1. The molecule has 0 spiro atoms. The minimum absolute atomic E-state index is 0.0197. The minimum Gasteiger partial charge on any atom is -0.343 e. The predicted molar refractivity (Wildman–Crippen MR) is 103 cm³/mol. The molecular weight excluding hydrogens is 405 g/mol. The summed E-state index contributed by atoms with van der Waals surface area (Å²) >= 11 is 0.0197. The van der Waals surface area contributed by atoms with Crippen LogP contribution in [0.3, 0.4) is 0 Å². The summed E-state index contributed by atoms with van der Waals surface area (Å²) in [6, 6.07) is 6.39. The van der Waals surface area contributed by atoms with Crippen molar-refractivity contribution in [1.82, 2.24) is 15.2 Å². The normalized spacial score (nSPS) is 17.2. The van der Waals surface area contributed by atoms with Crippen molar-refractivity contribution in [2.45, 2.75) is 37.1 Å². The Morgan fingerprint density at radius 1 is 1.38 bits per heavy atom. The Morgan fingerprint density at radius 3 is 2.76 bits per heavy atom. The summed E-state index contributed by atoms with van der Waals surface area (Å²) < 4.78 is 39.7. The molecular formula is C19H19F3N4O2S. The van der Waals surface area contributed by atoms with Gasteiger partial charge in [0.2, 0.25) is 5.91 Å². The number of alkyl halides is 2. The fourth-order valence-corrected chi connectivity index (χ4v) is 3.20. The highest BCUT2D eigenvalue weighted by Gasteiger charge is 2.47. The van der Waals surface area contributed by atoms with Gasteiger partial charge in [0.05, 0.1) is 42.4 Å². The van der Waals surface area contributed by atoms with E-state index in [1.807, 2.05) is 13.8 Å². The molecule has 0 unspecified atom stereocenters. The van der Waals surface area contributed by atoms with Gasteiger partial charge >= 0.3 is 0 Å². The molecule has 154 valence electrons. The number of carbonyl (C=O) groups excluding carboxylic acids is 2. The molecule has 0 aliphatic carbocycles. The first-order valence-electron chi connectivity index (χ1n) is 8.87. The number of likely N-dealkylation sites (tertiary alicyclic amines) is 1. The molecule has 0 saturated carbocycles. The van der Waals surface area contributed by atoms with Gasteiger partial charge in [-0.2, -0.15) is 9.15 Å². The zero-order chi connectivity index (χ0) is 21.6. The van der Waals surface area contributed by atoms with Crippen LogP contribution in [0.4, 0.5) is 12.7 Å². The van der Waals surface area contributed by atoms with Crippen LogP contribution in [0.25, 0.3) is 10.9 Å². The summed E-state index contributed by atoms with van der Waals surface area (Å²) in [7, 11) is 0. The Hall–Kier alpha value is -2.80. The molecule has 1 N–H and O–H groups in total. The molecule has 1 saturated heterocycles. The Bertz CT molecular complexity index is 949. The Balaban J connectivity index is 0.00000145. The van der Waals surface area contributed by atoms with Crippen LogP contribution in [0.1, 0.15) is 30.6 Å². The van der Waals surface area contributed by atoms with Crippen LogP contribution in [-0.2, 0) is 4.79 Å². The van der Waals surface area contributed by atoms with Gasteiger partial charge in [0.15, 0.2) is 0 Å². The molecule has 3 rings (SSSR count). The van der Waals surface area contributed by atoms with Gasteiger partial charge in [0.25, 0.3) is 11.8 Å². The van der Waals surface area contributed by atoms with E-state index >= 15 is 0 Å². The number of halogens is 3. The number of fused-ring (bicyclic) bond motifs is 1. The molecule has 29 heavy (non-hydrogen) atoms. The lowest BCUT2D eigenvalue weighted by Gasteiger charge is -2.19. The van der Waals surface area contributed by atoms with Crippen molar-refractivity contribution >= 4 is 34.9 Å². The van der Waals surface area contributed by atoms with Crippen LogP contribution in [-0.4, -0.2) is 46.8 Å². The number of hydrogen-bond acceptors (Lipinski definition) is 5. The fraction of sp³-hybridized carbons (Fsp3) is 0.368. The van der Waals surface area contributed by atoms with E-state index < -0.39 is 43.3 Å². The summed E-state index contributed by atoms with van der Waals surface area (Å²) in [6.07, 6.45) is 0.677. The third kappa shape index (κ3) is 5.17. The van der Waals surface area contributed by atoms with Crippen LogP contribution < -0.4 is 5.32 Å². The van der Waals surface area contributed by atoms with Gasteiger partial charge in [-0.15, -0.1) is 0 Å². The zero-order valence-corrected chi connectivity index (χ0v) is 16.6. The number of amides is 2. The third-order valence-electron chi connectivity index (χ3n) is 4.19. The van der Waals surface area contributed by atoms with E-state index in [0.29, 0.717) is 10.9 Å². The van der Waals surface area contributed by atoms with Gasteiger partial charge < -0.3 is 10.2 Å². The SMILES string of the molecule is CC.N#C[C@@H]1CC(F)(F)CN1C(=O)CNC(=O)c1ccnc2ccc(SF)cc12. The number of carbonyl (C=O) groups is 2. The molecule has 0 bridgehead atoms. The summed E-state index contributed by atoms with van der Waals surface area (Å²) in [6.45, 7) is 2.61. The summed E-state index contributed by atoms with van der Waals surface area (Å²) in [5, 5.41) is 11.7. The van der Waals surface area contributed by atoms with E-state index in [2.05, 4.69) is 10.3 Å². The number of hydrogen-bond donors (Lipinski definition) is 1. The standard InChI is InChI=1S/C17H13F3N4O2S.C2H6/c18-17(19)6-10(7-21)24(9-17)15(25)8-23-16(26)12-3-4-22-14-2-1-11(27-20)5-13(12)14;1-2/h1-5,10H,6,8-9H2,(H,23,26);1-2H3/t10-;/m0./s1. The molecule has 1 aliphatic heterocycles. The largest absolute Gasteiger partial charge is 0.343 e. The van der Waals surface area contributed by atoms with Crippen LogP contribution in [0.15, 0.2) is 35.4 Å². The second-order valence-electron chi connectivity index (χ2n) is 6.02.